The zero-order chi connectivity index (χ0) is 15.6. The van der Waals surface area contributed by atoms with Crippen molar-refractivity contribution in [3.63, 3.8) is 0 Å². The number of benzene rings is 1. The Bertz CT molecular complexity index is 545. The molecule has 2 rings (SSSR count). The number of ether oxygens (including phenoxy) is 1. The molecular weight excluding hydrogens is 274 g/mol. The normalized spacial score (nSPS) is 22.9. The molecule has 3 atom stereocenters. The summed E-state index contributed by atoms with van der Waals surface area (Å²) in [5.41, 5.74) is 1.01. The number of amides is 1. The molecule has 21 heavy (non-hydrogen) atoms. The van der Waals surface area contributed by atoms with E-state index < -0.39 is 30.1 Å². The van der Waals surface area contributed by atoms with Crippen molar-refractivity contribution in [2.75, 3.05) is 6.54 Å². The number of likely N-dealkylation sites (tertiary alicyclic amines) is 1. The molecule has 114 valence electrons. The number of nitrogens with zero attached hydrogens (tertiary/aromatic N) is 1. The topological polar surface area (TPSA) is 87.1 Å². The van der Waals surface area contributed by atoms with Gasteiger partial charge in [-0.15, -0.1) is 0 Å². The first-order chi connectivity index (χ1) is 9.88. The number of hydrogen-bond acceptors (Lipinski definition) is 4. The van der Waals surface area contributed by atoms with Crippen LogP contribution in [0.1, 0.15) is 18.9 Å². The third-order valence-electron chi connectivity index (χ3n) is 3.50. The number of aryl methyl sites for hydroxylation is 1. The summed E-state index contributed by atoms with van der Waals surface area (Å²) in [5, 5.41) is 18.7. The van der Waals surface area contributed by atoms with Crippen LogP contribution in [0.2, 0.25) is 0 Å². The molecule has 1 aliphatic heterocycles. The van der Waals surface area contributed by atoms with Crippen LogP contribution in [0.5, 0.6) is 5.75 Å². The summed E-state index contributed by atoms with van der Waals surface area (Å²) in [7, 11) is 0. The molecule has 2 N–H and O–H groups in total. The molecule has 1 aromatic carbocycles. The largest absolute Gasteiger partial charge is 0.481 e. The molecule has 0 radical (unpaired) electrons. The highest BCUT2D eigenvalue weighted by Crippen LogP contribution is 2.21. The molecule has 6 heteroatoms. The van der Waals surface area contributed by atoms with E-state index in [0.717, 1.165) is 5.56 Å². The van der Waals surface area contributed by atoms with Crippen LogP contribution in [0.4, 0.5) is 0 Å². The number of hydrogen-bond donors (Lipinski definition) is 2. The summed E-state index contributed by atoms with van der Waals surface area (Å²) < 4.78 is 5.57. The number of aliphatic hydroxyl groups excluding tert-OH is 1. The minimum atomic E-state index is -1.11. The van der Waals surface area contributed by atoms with E-state index >= 15 is 0 Å². The van der Waals surface area contributed by atoms with E-state index in [4.69, 9.17) is 9.84 Å². The number of β-amino-alcohol motifs (C(OH)–C–C–N with tert-alkyl or cyclic N) is 1. The molecule has 1 amide bonds. The van der Waals surface area contributed by atoms with Crippen molar-refractivity contribution in [1.82, 2.24) is 4.90 Å². The fourth-order valence-corrected chi connectivity index (χ4v) is 2.47. The van der Waals surface area contributed by atoms with Crippen molar-refractivity contribution in [1.29, 1.82) is 0 Å². The van der Waals surface area contributed by atoms with Crippen LogP contribution in [0.15, 0.2) is 24.3 Å². The van der Waals surface area contributed by atoms with Gasteiger partial charge in [0.1, 0.15) is 11.8 Å². The molecule has 0 saturated carbocycles. The quantitative estimate of drug-likeness (QED) is 0.858. The Morgan fingerprint density at radius 1 is 1.43 bits per heavy atom. The SMILES string of the molecule is Cc1cccc(OC(C)C(=O)N2CC(O)CC2C(=O)O)c1. The van der Waals surface area contributed by atoms with Crippen LogP contribution in [0.25, 0.3) is 0 Å². The maximum absolute atomic E-state index is 12.3. The Kier molecular flexibility index (Phi) is 4.47. The number of carboxylic acids is 1. The highest BCUT2D eigenvalue weighted by Gasteiger charge is 2.40. The summed E-state index contributed by atoms with van der Waals surface area (Å²) in [4.78, 5) is 24.6. The van der Waals surface area contributed by atoms with Crippen LogP contribution in [-0.2, 0) is 9.59 Å². The molecule has 0 aliphatic carbocycles. The van der Waals surface area contributed by atoms with E-state index in [-0.39, 0.29) is 13.0 Å². The van der Waals surface area contributed by atoms with E-state index in [1.165, 1.54) is 4.90 Å². The molecule has 1 saturated heterocycles. The lowest BCUT2D eigenvalue weighted by Crippen LogP contribution is -2.46. The fourth-order valence-electron chi connectivity index (χ4n) is 2.47. The van der Waals surface area contributed by atoms with E-state index in [2.05, 4.69) is 0 Å². The second-order valence-electron chi connectivity index (χ2n) is 5.31. The van der Waals surface area contributed by atoms with Gasteiger partial charge in [-0.05, 0) is 31.5 Å². The Morgan fingerprint density at radius 2 is 2.14 bits per heavy atom. The summed E-state index contributed by atoms with van der Waals surface area (Å²) in [5.74, 6) is -0.981. The van der Waals surface area contributed by atoms with Gasteiger partial charge in [0.05, 0.1) is 6.10 Å². The zero-order valence-corrected chi connectivity index (χ0v) is 12.0. The summed E-state index contributed by atoms with van der Waals surface area (Å²) in [6.07, 6.45) is -1.56. The first-order valence-corrected chi connectivity index (χ1v) is 6.83. The number of carbonyl (C=O) groups excluding carboxylic acids is 1. The van der Waals surface area contributed by atoms with Gasteiger partial charge in [-0.3, -0.25) is 4.79 Å². The Labute approximate surface area is 122 Å². The van der Waals surface area contributed by atoms with Crippen molar-refractivity contribution in [2.24, 2.45) is 0 Å². The van der Waals surface area contributed by atoms with Gasteiger partial charge >= 0.3 is 5.97 Å². The molecule has 0 aromatic heterocycles. The summed E-state index contributed by atoms with van der Waals surface area (Å²) >= 11 is 0. The Hall–Kier alpha value is -2.08. The first-order valence-electron chi connectivity index (χ1n) is 6.83. The molecule has 0 spiro atoms. The third-order valence-corrected chi connectivity index (χ3v) is 3.50. The first kappa shape index (κ1) is 15.3. The molecule has 1 fully saturated rings. The van der Waals surface area contributed by atoms with Gasteiger partial charge in [0.2, 0.25) is 0 Å². The number of aliphatic hydroxyl groups is 1. The van der Waals surface area contributed by atoms with Crippen molar-refractivity contribution >= 4 is 11.9 Å². The van der Waals surface area contributed by atoms with Gasteiger partial charge < -0.3 is 19.8 Å². The van der Waals surface area contributed by atoms with Crippen LogP contribution < -0.4 is 4.74 Å². The monoisotopic (exact) mass is 293 g/mol. The van der Waals surface area contributed by atoms with Gasteiger partial charge in [0.25, 0.3) is 5.91 Å². The van der Waals surface area contributed by atoms with Gasteiger partial charge in [0.15, 0.2) is 6.10 Å². The fraction of sp³-hybridized carbons (Fsp3) is 0.467. The molecule has 6 nitrogen and oxygen atoms in total. The maximum atomic E-state index is 12.3. The van der Waals surface area contributed by atoms with Crippen LogP contribution in [0.3, 0.4) is 0 Å². The lowest BCUT2D eigenvalue weighted by molar-refractivity contribution is -0.150. The van der Waals surface area contributed by atoms with Gasteiger partial charge in [0, 0.05) is 13.0 Å². The van der Waals surface area contributed by atoms with Crippen molar-refractivity contribution < 1.29 is 24.5 Å². The third kappa shape index (κ3) is 3.52. The van der Waals surface area contributed by atoms with E-state index in [1.54, 1.807) is 19.1 Å². The van der Waals surface area contributed by atoms with Gasteiger partial charge in [-0.1, -0.05) is 12.1 Å². The number of aliphatic carboxylic acids is 1. The average molecular weight is 293 g/mol. The predicted molar refractivity (Wildman–Crippen MR) is 75.0 cm³/mol. The summed E-state index contributed by atoms with van der Waals surface area (Å²) in [6.45, 7) is 3.52. The van der Waals surface area contributed by atoms with E-state index in [1.807, 2.05) is 19.1 Å². The minimum Gasteiger partial charge on any atom is -0.481 e. The molecular formula is C15H19NO5. The zero-order valence-electron chi connectivity index (χ0n) is 12.0. The van der Waals surface area contributed by atoms with Gasteiger partial charge in [-0.2, -0.15) is 0 Å². The van der Waals surface area contributed by atoms with Crippen molar-refractivity contribution in [3.05, 3.63) is 29.8 Å². The van der Waals surface area contributed by atoms with Gasteiger partial charge in [-0.25, -0.2) is 4.79 Å². The number of carboxylic acid groups (broad SMARTS) is 1. The average Bonchev–Trinajstić information content (AvgIpc) is 2.80. The smallest absolute Gasteiger partial charge is 0.326 e. The molecule has 1 heterocycles. The second kappa shape index (κ2) is 6.13. The Balaban J connectivity index is 2.06. The number of carbonyl (C=O) groups is 2. The van der Waals surface area contributed by atoms with Crippen LogP contribution in [-0.4, -0.2) is 51.8 Å². The highest BCUT2D eigenvalue weighted by molar-refractivity contribution is 5.87. The molecule has 1 aromatic rings. The predicted octanol–water partition coefficient (Wildman–Crippen LogP) is 0.809. The van der Waals surface area contributed by atoms with Crippen LogP contribution >= 0.6 is 0 Å². The standard InChI is InChI=1S/C15H19NO5/c1-9-4-3-5-12(6-9)21-10(2)14(18)16-8-11(17)7-13(16)15(19)20/h3-6,10-11,13,17H,7-8H2,1-2H3,(H,19,20). The maximum Gasteiger partial charge on any atom is 0.326 e. The van der Waals surface area contributed by atoms with E-state index in [9.17, 15) is 14.7 Å². The summed E-state index contributed by atoms with van der Waals surface area (Å²) in [6, 6.07) is 6.29. The van der Waals surface area contributed by atoms with Crippen LogP contribution in [0, 0.1) is 6.92 Å². The highest BCUT2D eigenvalue weighted by atomic mass is 16.5. The minimum absolute atomic E-state index is 0.0251. The Morgan fingerprint density at radius 3 is 2.76 bits per heavy atom. The lowest BCUT2D eigenvalue weighted by Gasteiger charge is -2.25. The second-order valence-corrected chi connectivity index (χ2v) is 5.31. The van der Waals surface area contributed by atoms with E-state index in [0.29, 0.717) is 5.75 Å². The lowest BCUT2D eigenvalue weighted by atomic mass is 10.2. The molecule has 0 bridgehead atoms. The molecule has 3 unspecified atom stereocenters. The van der Waals surface area contributed by atoms with Crippen molar-refractivity contribution in [2.45, 2.75) is 38.5 Å². The molecule has 1 aliphatic rings. The van der Waals surface area contributed by atoms with Crippen molar-refractivity contribution in [3.8, 4) is 5.75 Å². The number of rotatable bonds is 4.